The van der Waals surface area contributed by atoms with E-state index in [4.69, 9.17) is 20.6 Å². The minimum atomic E-state index is -0.522. The Labute approximate surface area is 255 Å². The largest absolute Gasteiger partial charge is 0.494 e. The second kappa shape index (κ2) is 13.4. The first-order valence-corrected chi connectivity index (χ1v) is 14.2. The molecule has 2 aromatic carbocycles. The zero-order chi connectivity index (χ0) is 31.2. The summed E-state index contributed by atoms with van der Waals surface area (Å²) in [5.41, 5.74) is 4.14. The summed E-state index contributed by atoms with van der Waals surface area (Å²) in [6, 6.07) is 11.1. The highest BCUT2D eigenvalue weighted by Crippen LogP contribution is 2.44. The van der Waals surface area contributed by atoms with Crippen LogP contribution in [0, 0.1) is 12.3 Å². The molecule has 2 amide bonds. The van der Waals surface area contributed by atoms with Crippen LogP contribution in [0.4, 0.5) is 27.7 Å². The lowest BCUT2D eigenvalue weighted by Gasteiger charge is -2.31. The predicted molar refractivity (Wildman–Crippen MR) is 170 cm³/mol. The van der Waals surface area contributed by atoms with Gasteiger partial charge in [0.05, 0.1) is 66.8 Å². The Kier molecular flexibility index (Phi) is 9.16. The van der Waals surface area contributed by atoms with E-state index in [0.717, 1.165) is 16.6 Å². The summed E-state index contributed by atoms with van der Waals surface area (Å²) in [5.74, 6) is 3.07. The first-order valence-electron chi connectivity index (χ1n) is 14.2. The lowest BCUT2D eigenvalue weighted by atomic mass is 10.0. The Balaban J connectivity index is 1.66. The number of methoxy groups -OCH3 is 1. The van der Waals surface area contributed by atoms with E-state index >= 15 is 0 Å². The monoisotopic (exact) mass is 597 g/mol. The van der Waals surface area contributed by atoms with Crippen molar-refractivity contribution in [3.05, 3.63) is 54.5 Å². The SMILES string of the molecule is C#CCNC(=O)Nc1cc(Nc2c(-c3ncncc3C(=O)OC(C)C)c3ccccc3n2C)c(OC)cc1N1CCOCC1. The summed E-state index contributed by atoms with van der Waals surface area (Å²) in [6.07, 6.45) is 7.89. The highest BCUT2D eigenvalue weighted by Gasteiger charge is 2.26. The molecule has 3 N–H and O–H groups in total. The van der Waals surface area contributed by atoms with Gasteiger partial charge in [-0.2, -0.15) is 0 Å². The Morgan fingerprint density at radius 2 is 1.93 bits per heavy atom. The molecule has 0 bridgehead atoms. The number of nitrogens with one attached hydrogen (secondary N) is 3. The van der Waals surface area contributed by atoms with Crippen molar-refractivity contribution in [3.8, 4) is 29.4 Å². The van der Waals surface area contributed by atoms with Crippen molar-refractivity contribution in [1.29, 1.82) is 0 Å². The summed E-state index contributed by atoms with van der Waals surface area (Å²) in [4.78, 5) is 36.7. The number of fused-ring (bicyclic) bond motifs is 1. The van der Waals surface area contributed by atoms with Crippen molar-refractivity contribution in [3.63, 3.8) is 0 Å². The number of carbonyl (C=O) groups excluding carboxylic acids is 2. The molecule has 1 aliphatic rings. The topological polar surface area (TPSA) is 132 Å². The number of aryl methyl sites for hydroxylation is 1. The third-order valence-electron chi connectivity index (χ3n) is 7.14. The quantitative estimate of drug-likeness (QED) is 0.188. The number of esters is 1. The molecule has 2 aromatic heterocycles. The van der Waals surface area contributed by atoms with Gasteiger partial charge in [-0.05, 0) is 26.0 Å². The standard InChI is InChI=1S/C32H35N7O5/c1-6-11-34-32(41)37-23-16-24(27(42-5)17-26(23)39-12-14-43-15-13-39)36-30-28(21-9-7-8-10-25(21)38(30)4)29-22(18-33-19-35-29)31(40)44-20(2)3/h1,7-10,16-20,36H,11-15H2,2-5H3,(H2,34,37,41). The molecule has 0 unspecified atom stereocenters. The highest BCUT2D eigenvalue weighted by atomic mass is 16.5. The number of amides is 2. The van der Waals surface area contributed by atoms with Crippen molar-refractivity contribution in [2.24, 2.45) is 7.05 Å². The second-order valence-corrected chi connectivity index (χ2v) is 10.3. The van der Waals surface area contributed by atoms with E-state index < -0.39 is 12.0 Å². The van der Waals surface area contributed by atoms with Crippen LogP contribution < -0.4 is 25.6 Å². The van der Waals surface area contributed by atoms with E-state index in [9.17, 15) is 9.59 Å². The zero-order valence-electron chi connectivity index (χ0n) is 25.1. The smallest absolute Gasteiger partial charge is 0.342 e. The van der Waals surface area contributed by atoms with E-state index in [1.165, 1.54) is 12.5 Å². The average Bonchev–Trinajstić information content (AvgIpc) is 3.31. The molecule has 0 saturated carbocycles. The van der Waals surface area contributed by atoms with Gasteiger partial charge in [0.25, 0.3) is 0 Å². The van der Waals surface area contributed by atoms with Crippen LogP contribution in [0.1, 0.15) is 24.2 Å². The number of benzene rings is 2. The number of ether oxygens (including phenoxy) is 3. The minimum Gasteiger partial charge on any atom is -0.494 e. The van der Waals surface area contributed by atoms with Crippen molar-refractivity contribution >= 4 is 45.8 Å². The normalized spacial score (nSPS) is 13.0. The summed E-state index contributed by atoms with van der Waals surface area (Å²) >= 11 is 0. The van der Waals surface area contributed by atoms with Gasteiger partial charge in [0.15, 0.2) is 0 Å². The molecular weight excluding hydrogens is 562 g/mol. The number of morpholine rings is 1. The molecule has 4 aromatic rings. The molecule has 0 aliphatic carbocycles. The summed E-state index contributed by atoms with van der Waals surface area (Å²) in [6.45, 7) is 6.07. The van der Waals surface area contributed by atoms with E-state index in [0.29, 0.717) is 60.5 Å². The first-order chi connectivity index (χ1) is 21.3. The number of aromatic nitrogens is 3. The zero-order valence-corrected chi connectivity index (χ0v) is 25.1. The van der Waals surface area contributed by atoms with Crippen LogP contribution in [0.5, 0.6) is 5.75 Å². The Bertz CT molecular complexity index is 1720. The fourth-order valence-corrected chi connectivity index (χ4v) is 5.16. The molecule has 0 radical (unpaired) electrons. The minimum absolute atomic E-state index is 0.0831. The molecule has 1 aliphatic heterocycles. The van der Waals surface area contributed by atoms with Gasteiger partial charge in [0.1, 0.15) is 23.5 Å². The predicted octanol–water partition coefficient (Wildman–Crippen LogP) is 4.54. The number of hydrogen-bond donors (Lipinski definition) is 3. The highest BCUT2D eigenvalue weighted by molar-refractivity contribution is 6.08. The van der Waals surface area contributed by atoms with Gasteiger partial charge in [-0.1, -0.05) is 24.1 Å². The van der Waals surface area contributed by atoms with Gasteiger partial charge >= 0.3 is 12.0 Å². The number of nitrogens with zero attached hydrogens (tertiary/aromatic N) is 4. The van der Waals surface area contributed by atoms with Gasteiger partial charge < -0.3 is 39.6 Å². The van der Waals surface area contributed by atoms with Crippen molar-refractivity contribution < 1.29 is 23.8 Å². The van der Waals surface area contributed by atoms with Crippen LogP contribution >= 0.6 is 0 Å². The number of anilines is 4. The molecule has 12 heteroatoms. The van der Waals surface area contributed by atoms with E-state index in [1.54, 1.807) is 21.0 Å². The van der Waals surface area contributed by atoms with Crippen LogP contribution in [0.15, 0.2) is 48.9 Å². The van der Waals surface area contributed by atoms with Gasteiger partial charge in [0, 0.05) is 37.8 Å². The number of rotatable bonds is 9. The maximum Gasteiger partial charge on any atom is 0.342 e. The Hall–Kier alpha value is -5.28. The molecule has 44 heavy (non-hydrogen) atoms. The number of para-hydroxylation sites is 1. The molecule has 228 valence electrons. The van der Waals surface area contributed by atoms with Gasteiger partial charge in [0.2, 0.25) is 0 Å². The van der Waals surface area contributed by atoms with Crippen LogP contribution in [0.25, 0.3) is 22.2 Å². The van der Waals surface area contributed by atoms with Crippen molar-refractivity contribution in [1.82, 2.24) is 19.9 Å². The molecule has 0 atom stereocenters. The van der Waals surface area contributed by atoms with E-state index in [-0.39, 0.29) is 18.2 Å². The summed E-state index contributed by atoms with van der Waals surface area (Å²) in [7, 11) is 3.51. The Morgan fingerprint density at radius 1 is 1.16 bits per heavy atom. The summed E-state index contributed by atoms with van der Waals surface area (Å²) < 4.78 is 18.9. The fraction of sp³-hybridized carbons (Fsp3) is 0.312. The maximum absolute atomic E-state index is 13.2. The lowest BCUT2D eigenvalue weighted by molar-refractivity contribution is 0.0378. The summed E-state index contributed by atoms with van der Waals surface area (Å²) in [5, 5.41) is 9.98. The number of hydrogen-bond acceptors (Lipinski definition) is 9. The fourth-order valence-electron chi connectivity index (χ4n) is 5.16. The van der Waals surface area contributed by atoms with E-state index in [2.05, 4.69) is 36.7 Å². The lowest BCUT2D eigenvalue weighted by Crippen LogP contribution is -2.37. The molecule has 1 saturated heterocycles. The van der Waals surface area contributed by atoms with Crippen LogP contribution in [-0.2, 0) is 16.5 Å². The van der Waals surface area contributed by atoms with Gasteiger partial charge in [-0.15, -0.1) is 6.42 Å². The number of urea groups is 1. The van der Waals surface area contributed by atoms with Crippen LogP contribution in [0.2, 0.25) is 0 Å². The molecular formula is C32H35N7O5. The third-order valence-corrected chi connectivity index (χ3v) is 7.14. The number of carbonyl (C=O) groups is 2. The number of terminal acetylenes is 1. The average molecular weight is 598 g/mol. The molecule has 3 heterocycles. The maximum atomic E-state index is 13.2. The molecule has 1 fully saturated rings. The third kappa shape index (κ3) is 6.23. The Morgan fingerprint density at radius 3 is 2.66 bits per heavy atom. The van der Waals surface area contributed by atoms with Crippen molar-refractivity contribution in [2.75, 3.05) is 55.5 Å². The molecule has 12 nitrogen and oxygen atoms in total. The van der Waals surface area contributed by atoms with Crippen LogP contribution in [0.3, 0.4) is 0 Å². The molecule has 5 rings (SSSR count). The van der Waals surface area contributed by atoms with Gasteiger partial charge in [-0.3, -0.25) is 0 Å². The second-order valence-electron chi connectivity index (χ2n) is 10.3. The van der Waals surface area contributed by atoms with Crippen LogP contribution in [-0.4, -0.2) is 72.6 Å². The van der Waals surface area contributed by atoms with Gasteiger partial charge in [-0.25, -0.2) is 19.6 Å². The van der Waals surface area contributed by atoms with E-state index in [1.807, 2.05) is 48.0 Å². The first kappa shape index (κ1) is 30.2. The molecule has 0 spiro atoms. The van der Waals surface area contributed by atoms with Crippen molar-refractivity contribution in [2.45, 2.75) is 20.0 Å².